The Bertz CT molecular complexity index is 1020. The van der Waals surface area contributed by atoms with Crippen molar-refractivity contribution < 1.29 is 23.4 Å². The molecular formula is C20H23N3O5S. The minimum absolute atomic E-state index is 0.0783. The van der Waals surface area contributed by atoms with E-state index in [1.807, 2.05) is 6.92 Å². The smallest absolute Gasteiger partial charge is 0.244 e. The number of piperidine rings is 1. The SMILES string of the molecule is Cc1ccc(S(=O)(=O)N2CCC[C@H](C(=O)N/N=C/c3cccc(O)c3O)C2)cc1. The molecule has 0 aliphatic carbocycles. The zero-order chi connectivity index (χ0) is 21.0. The first-order valence-electron chi connectivity index (χ1n) is 9.19. The van der Waals surface area contributed by atoms with Crippen LogP contribution in [0.15, 0.2) is 52.5 Å². The second-order valence-electron chi connectivity index (χ2n) is 6.96. The number of nitrogens with zero attached hydrogens (tertiary/aromatic N) is 2. The number of hydrazone groups is 1. The molecule has 0 radical (unpaired) electrons. The van der Waals surface area contributed by atoms with Crippen LogP contribution in [0.3, 0.4) is 0 Å². The van der Waals surface area contributed by atoms with Gasteiger partial charge in [0.05, 0.1) is 17.0 Å². The number of carbonyl (C=O) groups excluding carboxylic acids is 1. The number of para-hydroxylation sites is 1. The van der Waals surface area contributed by atoms with Crippen molar-refractivity contribution in [2.45, 2.75) is 24.7 Å². The highest BCUT2D eigenvalue weighted by molar-refractivity contribution is 7.89. The van der Waals surface area contributed by atoms with Crippen LogP contribution in [0, 0.1) is 12.8 Å². The highest BCUT2D eigenvalue weighted by Gasteiger charge is 2.33. The summed E-state index contributed by atoms with van der Waals surface area (Å²) in [5.74, 6) is -1.55. The van der Waals surface area contributed by atoms with Gasteiger partial charge in [-0.05, 0) is 44.0 Å². The second-order valence-corrected chi connectivity index (χ2v) is 8.90. The van der Waals surface area contributed by atoms with Gasteiger partial charge in [-0.2, -0.15) is 9.41 Å². The lowest BCUT2D eigenvalue weighted by atomic mass is 9.99. The molecule has 0 bridgehead atoms. The van der Waals surface area contributed by atoms with Gasteiger partial charge in [0.1, 0.15) is 0 Å². The van der Waals surface area contributed by atoms with Gasteiger partial charge in [-0.25, -0.2) is 13.8 Å². The molecule has 1 heterocycles. The van der Waals surface area contributed by atoms with Crippen molar-refractivity contribution >= 4 is 22.1 Å². The highest BCUT2D eigenvalue weighted by atomic mass is 32.2. The topological polar surface area (TPSA) is 119 Å². The summed E-state index contributed by atoms with van der Waals surface area (Å²) in [5, 5.41) is 23.0. The number of aryl methyl sites for hydroxylation is 1. The second kappa shape index (κ2) is 8.62. The van der Waals surface area contributed by atoms with Crippen LogP contribution in [0.2, 0.25) is 0 Å². The van der Waals surface area contributed by atoms with Gasteiger partial charge in [-0.1, -0.05) is 23.8 Å². The third-order valence-electron chi connectivity index (χ3n) is 4.84. The van der Waals surface area contributed by atoms with Crippen LogP contribution in [0.4, 0.5) is 0 Å². The molecule has 1 fully saturated rings. The Labute approximate surface area is 169 Å². The average Bonchev–Trinajstić information content (AvgIpc) is 2.71. The van der Waals surface area contributed by atoms with E-state index >= 15 is 0 Å². The van der Waals surface area contributed by atoms with E-state index in [9.17, 15) is 23.4 Å². The van der Waals surface area contributed by atoms with Crippen molar-refractivity contribution in [1.82, 2.24) is 9.73 Å². The molecule has 9 heteroatoms. The highest BCUT2D eigenvalue weighted by Crippen LogP contribution is 2.27. The molecule has 0 spiro atoms. The first-order chi connectivity index (χ1) is 13.8. The lowest BCUT2D eigenvalue weighted by Crippen LogP contribution is -2.44. The molecule has 1 aliphatic rings. The zero-order valence-corrected chi connectivity index (χ0v) is 16.8. The standard InChI is InChI=1S/C20H23N3O5S/c1-14-7-9-17(10-8-14)29(27,28)23-11-3-5-16(13-23)20(26)22-21-12-15-4-2-6-18(24)19(15)25/h2,4,6-10,12,16,24-25H,3,5,11,13H2,1H3,(H,22,26)/b21-12+/t16-/m0/s1. The summed E-state index contributed by atoms with van der Waals surface area (Å²) in [7, 11) is -3.67. The van der Waals surface area contributed by atoms with Crippen LogP contribution in [0.1, 0.15) is 24.0 Å². The predicted molar refractivity (Wildman–Crippen MR) is 108 cm³/mol. The molecule has 1 atom stereocenters. The van der Waals surface area contributed by atoms with E-state index in [1.54, 1.807) is 24.3 Å². The number of benzene rings is 2. The van der Waals surface area contributed by atoms with Crippen molar-refractivity contribution in [3.8, 4) is 11.5 Å². The van der Waals surface area contributed by atoms with E-state index in [1.165, 1.54) is 28.7 Å². The van der Waals surface area contributed by atoms with Crippen LogP contribution in [-0.4, -0.2) is 48.1 Å². The van der Waals surface area contributed by atoms with E-state index in [0.717, 1.165) is 5.56 Å². The summed E-state index contributed by atoms with van der Waals surface area (Å²) in [6.07, 6.45) is 2.34. The van der Waals surface area contributed by atoms with Crippen LogP contribution >= 0.6 is 0 Å². The summed E-state index contributed by atoms with van der Waals surface area (Å²) in [6.45, 7) is 2.32. The Morgan fingerprint density at radius 3 is 2.66 bits per heavy atom. The molecule has 1 aliphatic heterocycles. The van der Waals surface area contributed by atoms with Gasteiger partial charge < -0.3 is 10.2 Å². The number of amides is 1. The van der Waals surface area contributed by atoms with E-state index in [0.29, 0.717) is 19.4 Å². The van der Waals surface area contributed by atoms with Gasteiger partial charge in [0.2, 0.25) is 15.9 Å². The van der Waals surface area contributed by atoms with Crippen LogP contribution < -0.4 is 5.43 Å². The zero-order valence-electron chi connectivity index (χ0n) is 15.9. The largest absolute Gasteiger partial charge is 0.504 e. The van der Waals surface area contributed by atoms with E-state index in [2.05, 4.69) is 10.5 Å². The summed E-state index contributed by atoms with van der Waals surface area (Å²) in [6, 6.07) is 11.0. The quantitative estimate of drug-likeness (QED) is 0.390. The fraction of sp³-hybridized carbons (Fsp3) is 0.300. The molecule has 0 aromatic heterocycles. The number of nitrogens with one attached hydrogen (secondary N) is 1. The maximum absolute atomic E-state index is 12.8. The summed E-state index contributed by atoms with van der Waals surface area (Å²) in [5.41, 5.74) is 3.60. The Hall–Kier alpha value is -2.91. The van der Waals surface area contributed by atoms with Gasteiger partial charge in [-0.15, -0.1) is 0 Å². The van der Waals surface area contributed by atoms with E-state index in [-0.39, 0.29) is 28.5 Å². The fourth-order valence-corrected chi connectivity index (χ4v) is 4.67. The lowest BCUT2D eigenvalue weighted by Gasteiger charge is -2.30. The molecule has 3 N–H and O–H groups in total. The maximum atomic E-state index is 12.8. The van der Waals surface area contributed by atoms with Crippen molar-refractivity contribution in [1.29, 1.82) is 0 Å². The first-order valence-corrected chi connectivity index (χ1v) is 10.6. The summed E-state index contributed by atoms with van der Waals surface area (Å²) in [4.78, 5) is 12.6. The number of aromatic hydroxyl groups is 2. The number of rotatable bonds is 5. The molecule has 1 amide bonds. The molecule has 0 saturated carbocycles. The monoisotopic (exact) mass is 417 g/mol. The third-order valence-corrected chi connectivity index (χ3v) is 6.72. The summed E-state index contributed by atoms with van der Waals surface area (Å²) < 4.78 is 27.0. The summed E-state index contributed by atoms with van der Waals surface area (Å²) >= 11 is 0. The minimum Gasteiger partial charge on any atom is -0.504 e. The maximum Gasteiger partial charge on any atom is 0.244 e. The molecular weight excluding hydrogens is 394 g/mol. The number of phenols is 2. The number of carbonyl (C=O) groups is 1. The van der Waals surface area contributed by atoms with Crippen molar-refractivity contribution in [3.05, 3.63) is 53.6 Å². The number of hydrogen-bond acceptors (Lipinski definition) is 6. The normalized spacial score (nSPS) is 18.0. The van der Waals surface area contributed by atoms with Gasteiger partial charge in [0, 0.05) is 18.7 Å². The Morgan fingerprint density at radius 1 is 1.21 bits per heavy atom. The molecule has 1 saturated heterocycles. The molecule has 154 valence electrons. The van der Waals surface area contributed by atoms with Crippen LogP contribution in [0.25, 0.3) is 0 Å². The Morgan fingerprint density at radius 2 is 1.93 bits per heavy atom. The number of phenolic OH excluding ortho intramolecular Hbond substituents is 2. The van der Waals surface area contributed by atoms with Gasteiger partial charge in [-0.3, -0.25) is 4.79 Å². The molecule has 2 aromatic carbocycles. The molecule has 3 rings (SSSR count). The molecule has 0 unspecified atom stereocenters. The molecule has 8 nitrogen and oxygen atoms in total. The van der Waals surface area contributed by atoms with E-state index in [4.69, 9.17) is 0 Å². The number of sulfonamides is 1. The van der Waals surface area contributed by atoms with Gasteiger partial charge in [0.15, 0.2) is 11.5 Å². The first kappa shape index (κ1) is 20.8. The lowest BCUT2D eigenvalue weighted by molar-refractivity contribution is -0.126. The molecule has 29 heavy (non-hydrogen) atoms. The minimum atomic E-state index is -3.67. The van der Waals surface area contributed by atoms with Crippen LogP contribution in [-0.2, 0) is 14.8 Å². The van der Waals surface area contributed by atoms with Crippen LogP contribution in [0.5, 0.6) is 11.5 Å². The van der Waals surface area contributed by atoms with Gasteiger partial charge >= 0.3 is 0 Å². The molecule has 2 aromatic rings. The Kier molecular flexibility index (Phi) is 6.19. The third kappa shape index (κ3) is 4.75. The van der Waals surface area contributed by atoms with Crippen molar-refractivity contribution in [2.24, 2.45) is 11.0 Å². The fourth-order valence-electron chi connectivity index (χ4n) is 3.14. The van der Waals surface area contributed by atoms with Crippen molar-refractivity contribution in [3.63, 3.8) is 0 Å². The average molecular weight is 417 g/mol. The number of hydrogen-bond donors (Lipinski definition) is 3. The van der Waals surface area contributed by atoms with Crippen molar-refractivity contribution in [2.75, 3.05) is 13.1 Å². The Balaban J connectivity index is 1.65. The van der Waals surface area contributed by atoms with E-state index < -0.39 is 21.8 Å². The predicted octanol–water partition coefficient (Wildman–Crippen LogP) is 1.96. The van der Waals surface area contributed by atoms with Gasteiger partial charge in [0.25, 0.3) is 0 Å².